The number of nitrogens with two attached hydrogens (primary N) is 1. The first-order chi connectivity index (χ1) is 9.38. The Labute approximate surface area is 129 Å². The van der Waals surface area contributed by atoms with E-state index in [4.69, 9.17) is 33.7 Å². The van der Waals surface area contributed by atoms with E-state index in [1.807, 2.05) is 51.1 Å². The Hall–Kier alpha value is -1.22. The smallest absolute Gasteiger partial charge is 0.146 e. The van der Waals surface area contributed by atoms with Crippen molar-refractivity contribution < 1.29 is 4.74 Å². The highest BCUT2D eigenvalue weighted by molar-refractivity contribution is 6.32. The maximum absolute atomic E-state index is 6.23. The average Bonchev–Trinajstić information content (AvgIpc) is 2.38. The minimum absolute atomic E-state index is 0.0541. The van der Waals surface area contributed by atoms with E-state index in [2.05, 4.69) is 0 Å². The predicted molar refractivity (Wildman–Crippen MR) is 85.1 cm³/mol. The van der Waals surface area contributed by atoms with Crippen LogP contribution in [0.2, 0.25) is 10.0 Å². The van der Waals surface area contributed by atoms with Gasteiger partial charge in [-0.1, -0.05) is 29.3 Å². The summed E-state index contributed by atoms with van der Waals surface area (Å²) >= 11 is 12.4. The van der Waals surface area contributed by atoms with Crippen LogP contribution >= 0.6 is 23.2 Å². The largest absolute Gasteiger partial charge is 0.456 e. The van der Waals surface area contributed by atoms with Crippen molar-refractivity contribution in [3.63, 3.8) is 0 Å². The Morgan fingerprint density at radius 2 is 1.65 bits per heavy atom. The lowest BCUT2D eigenvalue weighted by Gasteiger charge is -2.12. The van der Waals surface area contributed by atoms with Crippen molar-refractivity contribution in [3.8, 4) is 11.5 Å². The van der Waals surface area contributed by atoms with E-state index in [-0.39, 0.29) is 6.04 Å². The van der Waals surface area contributed by atoms with Crippen molar-refractivity contribution in [3.05, 3.63) is 57.1 Å². The zero-order valence-electron chi connectivity index (χ0n) is 11.7. The Morgan fingerprint density at radius 1 is 1.05 bits per heavy atom. The van der Waals surface area contributed by atoms with Crippen LogP contribution in [0.4, 0.5) is 0 Å². The fourth-order valence-corrected chi connectivity index (χ4v) is 2.31. The normalized spacial score (nSPS) is 12.3. The molecule has 0 aliphatic heterocycles. The van der Waals surface area contributed by atoms with E-state index >= 15 is 0 Å². The molecule has 2 aromatic carbocycles. The number of aryl methyl sites for hydroxylation is 2. The van der Waals surface area contributed by atoms with E-state index in [0.717, 1.165) is 27.5 Å². The van der Waals surface area contributed by atoms with Crippen molar-refractivity contribution in [2.24, 2.45) is 5.73 Å². The zero-order valence-corrected chi connectivity index (χ0v) is 13.2. The summed E-state index contributed by atoms with van der Waals surface area (Å²) in [5.41, 5.74) is 8.76. The van der Waals surface area contributed by atoms with E-state index in [1.54, 1.807) is 0 Å². The average molecular weight is 310 g/mol. The topological polar surface area (TPSA) is 35.2 Å². The van der Waals surface area contributed by atoms with Crippen molar-refractivity contribution >= 4 is 23.2 Å². The molecule has 2 nitrogen and oxygen atoms in total. The van der Waals surface area contributed by atoms with Gasteiger partial charge in [0.1, 0.15) is 11.5 Å². The van der Waals surface area contributed by atoms with Crippen molar-refractivity contribution in [1.82, 2.24) is 0 Å². The van der Waals surface area contributed by atoms with Crippen LogP contribution in [-0.2, 0) is 0 Å². The van der Waals surface area contributed by atoms with Gasteiger partial charge in [-0.2, -0.15) is 0 Å². The molecule has 0 radical (unpaired) electrons. The standard InChI is InChI=1S/C16H17Cl2NO/c1-9-6-13(7-10(2)16(9)18)20-15-5-4-12(11(3)19)8-14(15)17/h4-8,11H,19H2,1-3H3/t11-/m1/s1. The highest BCUT2D eigenvalue weighted by Gasteiger charge is 2.09. The van der Waals surface area contributed by atoms with E-state index in [1.165, 1.54) is 0 Å². The Kier molecular flexibility index (Phi) is 4.59. The second-order valence-electron chi connectivity index (χ2n) is 4.95. The second kappa shape index (κ2) is 6.04. The summed E-state index contributed by atoms with van der Waals surface area (Å²) in [5, 5.41) is 1.31. The SMILES string of the molecule is Cc1cc(Oc2ccc([C@@H](C)N)cc2Cl)cc(C)c1Cl. The molecule has 0 aromatic heterocycles. The minimum atomic E-state index is -0.0541. The number of ether oxygens (including phenoxy) is 1. The molecule has 0 spiro atoms. The lowest BCUT2D eigenvalue weighted by Crippen LogP contribution is -2.04. The van der Waals surface area contributed by atoms with Crippen molar-refractivity contribution in [2.45, 2.75) is 26.8 Å². The van der Waals surface area contributed by atoms with Gasteiger partial charge in [-0.25, -0.2) is 0 Å². The van der Waals surface area contributed by atoms with Gasteiger partial charge in [0.05, 0.1) is 5.02 Å². The first kappa shape index (κ1) is 15.2. The highest BCUT2D eigenvalue weighted by atomic mass is 35.5. The molecular weight excluding hydrogens is 293 g/mol. The van der Waals surface area contributed by atoms with Crippen LogP contribution in [0.25, 0.3) is 0 Å². The highest BCUT2D eigenvalue weighted by Crippen LogP contribution is 2.33. The van der Waals surface area contributed by atoms with Crippen molar-refractivity contribution in [2.75, 3.05) is 0 Å². The third kappa shape index (κ3) is 3.26. The third-order valence-electron chi connectivity index (χ3n) is 3.12. The molecule has 0 amide bonds. The van der Waals surface area contributed by atoms with Gasteiger partial charge in [-0.3, -0.25) is 0 Å². The molecular formula is C16H17Cl2NO. The molecule has 0 aliphatic carbocycles. The van der Waals surface area contributed by atoms with Crippen LogP contribution in [0.15, 0.2) is 30.3 Å². The molecule has 20 heavy (non-hydrogen) atoms. The van der Waals surface area contributed by atoms with Crippen LogP contribution < -0.4 is 10.5 Å². The van der Waals surface area contributed by atoms with Crippen molar-refractivity contribution in [1.29, 1.82) is 0 Å². The molecule has 0 saturated carbocycles. The third-order valence-corrected chi connectivity index (χ3v) is 4.01. The minimum Gasteiger partial charge on any atom is -0.456 e. The predicted octanol–water partition coefficient (Wildman–Crippen LogP) is 5.42. The summed E-state index contributed by atoms with van der Waals surface area (Å²) in [7, 11) is 0. The van der Waals surface area contributed by atoms with E-state index < -0.39 is 0 Å². The quantitative estimate of drug-likeness (QED) is 0.821. The summed E-state index contributed by atoms with van der Waals surface area (Å²) in [5.74, 6) is 1.33. The molecule has 4 heteroatoms. The summed E-state index contributed by atoms with van der Waals surface area (Å²) in [6, 6.07) is 9.32. The summed E-state index contributed by atoms with van der Waals surface area (Å²) < 4.78 is 5.83. The Balaban J connectivity index is 2.31. The fourth-order valence-electron chi connectivity index (χ4n) is 1.98. The molecule has 0 bridgehead atoms. The van der Waals surface area contributed by atoms with Gasteiger partial charge >= 0.3 is 0 Å². The molecule has 2 aromatic rings. The van der Waals surface area contributed by atoms with Gasteiger partial charge < -0.3 is 10.5 Å². The first-order valence-electron chi connectivity index (χ1n) is 6.38. The molecule has 106 valence electrons. The Morgan fingerprint density at radius 3 is 2.15 bits per heavy atom. The molecule has 0 aliphatic rings. The van der Waals surface area contributed by atoms with Crippen LogP contribution in [0.5, 0.6) is 11.5 Å². The number of rotatable bonds is 3. The van der Waals surface area contributed by atoms with Gasteiger partial charge in [-0.15, -0.1) is 0 Å². The van der Waals surface area contributed by atoms with Gasteiger partial charge in [-0.05, 0) is 61.7 Å². The summed E-state index contributed by atoms with van der Waals surface area (Å²) in [6.45, 7) is 5.81. The fraction of sp³-hybridized carbons (Fsp3) is 0.250. The van der Waals surface area contributed by atoms with Crippen LogP contribution in [0, 0.1) is 13.8 Å². The molecule has 0 unspecified atom stereocenters. The Bertz CT molecular complexity index is 615. The second-order valence-corrected chi connectivity index (χ2v) is 5.74. The molecule has 0 heterocycles. The summed E-state index contributed by atoms with van der Waals surface area (Å²) in [6.07, 6.45) is 0. The van der Waals surface area contributed by atoms with E-state index in [9.17, 15) is 0 Å². The van der Waals surface area contributed by atoms with Crippen LogP contribution in [0.3, 0.4) is 0 Å². The molecule has 0 fully saturated rings. The molecule has 2 N–H and O–H groups in total. The van der Waals surface area contributed by atoms with Crippen LogP contribution in [0.1, 0.15) is 29.7 Å². The molecule has 2 rings (SSSR count). The maximum Gasteiger partial charge on any atom is 0.146 e. The van der Waals surface area contributed by atoms with E-state index in [0.29, 0.717) is 10.8 Å². The van der Waals surface area contributed by atoms with Gasteiger partial charge in [0.2, 0.25) is 0 Å². The number of benzene rings is 2. The molecule has 1 atom stereocenters. The maximum atomic E-state index is 6.23. The summed E-state index contributed by atoms with van der Waals surface area (Å²) in [4.78, 5) is 0. The zero-order chi connectivity index (χ0) is 14.9. The van der Waals surface area contributed by atoms with Gasteiger partial charge in [0.25, 0.3) is 0 Å². The lowest BCUT2D eigenvalue weighted by atomic mass is 10.1. The number of halogens is 2. The van der Waals surface area contributed by atoms with Gasteiger partial charge in [0.15, 0.2) is 0 Å². The van der Waals surface area contributed by atoms with Gasteiger partial charge in [0, 0.05) is 11.1 Å². The van der Waals surface area contributed by atoms with Crippen LogP contribution in [-0.4, -0.2) is 0 Å². The first-order valence-corrected chi connectivity index (χ1v) is 7.13. The monoisotopic (exact) mass is 309 g/mol. The number of hydrogen-bond acceptors (Lipinski definition) is 2. The lowest BCUT2D eigenvalue weighted by molar-refractivity contribution is 0.481. The number of hydrogen-bond donors (Lipinski definition) is 1. The molecule has 0 saturated heterocycles.